The summed E-state index contributed by atoms with van der Waals surface area (Å²) in [4.78, 5) is 13.6. The molecular formula is C29H27NO3. The molecule has 0 fully saturated rings. The van der Waals surface area contributed by atoms with Crippen LogP contribution in [0.4, 0.5) is 17.1 Å². The van der Waals surface area contributed by atoms with Gasteiger partial charge in [0, 0.05) is 29.9 Å². The van der Waals surface area contributed by atoms with E-state index in [1.54, 1.807) is 6.92 Å². The highest BCUT2D eigenvalue weighted by Gasteiger charge is 2.11. The second-order valence-corrected chi connectivity index (χ2v) is 7.57. The van der Waals surface area contributed by atoms with Crippen molar-refractivity contribution in [3.05, 3.63) is 115 Å². The molecule has 0 radical (unpaired) electrons. The third-order valence-corrected chi connectivity index (χ3v) is 5.23. The molecule has 4 rings (SSSR count). The molecule has 0 N–H and O–H groups in total. The number of hydrogen-bond acceptors (Lipinski definition) is 4. The Morgan fingerprint density at radius 1 is 0.667 bits per heavy atom. The molecule has 166 valence electrons. The van der Waals surface area contributed by atoms with Gasteiger partial charge >= 0.3 is 5.97 Å². The maximum absolute atomic E-state index is 11.4. The van der Waals surface area contributed by atoms with Gasteiger partial charge in [-0.2, -0.15) is 0 Å². The number of carbonyl (C=O) groups excluding carboxylic acids is 1. The van der Waals surface area contributed by atoms with Crippen LogP contribution in [0.1, 0.15) is 18.9 Å². The Hall–Kier alpha value is -4.05. The first kappa shape index (κ1) is 22.2. The highest BCUT2D eigenvalue weighted by atomic mass is 16.5. The van der Waals surface area contributed by atoms with Crippen molar-refractivity contribution in [1.82, 2.24) is 0 Å². The van der Waals surface area contributed by atoms with Crippen LogP contribution < -0.4 is 14.4 Å². The lowest BCUT2D eigenvalue weighted by molar-refractivity contribution is -0.134. The molecule has 0 unspecified atom stereocenters. The number of anilines is 3. The summed E-state index contributed by atoms with van der Waals surface area (Å²) in [5, 5.41) is 0. The van der Waals surface area contributed by atoms with Crippen molar-refractivity contribution in [2.45, 2.75) is 19.8 Å². The molecule has 0 saturated heterocycles. The predicted molar refractivity (Wildman–Crippen MR) is 133 cm³/mol. The van der Waals surface area contributed by atoms with E-state index >= 15 is 0 Å². The van der Waals surface area contributed by atoms with Crippen LogP contribution >= 0.6 is 0 Å². The van der Waals surface area contributed by atoms with E-state index in [1.165, 1.54) is 0 Å². The first-order valence-corrected chi connectivity index (χ1v) is 11.2. The Kier molecular flexibility index (Phi) is 7.39. The van der Waals surface area contributed by atoms with Gasteiger partial charge in [0.25, 0.3) is 0 Å². The van der Waals surface area contributed by atoms with Crippen molar-refractivity contribution in [1.29, 1.82) is 0 Å². The highest BCUT2D eigenvalue weighted by molar-refractivity contribution is 5.76. The monoisotopic (exact) mass is 437 g/mol. The van der Waals surface area contributed by atoms with Crippen LogP contribution in [0.25, 0.3) is 0 Å². The zero-order valence-electron chi connectivity index (χ0n) is 18.7. The lowest BCUT2D eigenvalue weighted by Gasteiger charge is -2.25. The second-order valence-electron chi connectivity index (χ2n) is 7.57. The lowest BCUT2D eigenvalue weighted by atomic mass is 10.1. The number of para-hydroxylation sites is 2. The number of ether oxygens (including phenoxy) is 2. The molecule has 4 heteroatoms. The zero-order chi connectivity index (χ0) is 22.9. The number of esters is 1. The minimum atomic E-state index is -0.229. The quantitative estimate of drug-likeness (QED) is 0.207. The molecule has 0 aliphatic heterocycles. The first-order valence-electron chi connectivity index (χ1n) is 11.2. The first-order chi connectivity index (χ1) is 16.2. The Labute approximate surface area is 195 Å². The van der Waals surface area contributed by atoms with Crippen LogP contribution in [0.15, 0.2) is 109 Å². The molecule has 4 aromatic carbocycles. The molecule has 0 spiro atoms. The van der Waals surface area contributed by atoms with Gasteiger partial charge in [0.1, 0.15) is 11.5 Å². The van der Waals surface area contributed by atoms with Crippen molar-refractivity contribution in [2.24, 2.45) is 0 Å². The van der Waals surface area contributed by atoms with Crippen LogP contribution in [0.2, 0.25) is 0 Å². The maximum atomic E-state index is 11.4. The Bertz CT molecular complexity index is 1100. The summed E-state index contributed by atoms with van der Waals surface area (Å²) in [7, 11) is 0. The Morgan fingerprint density at radius 2 is 1.18 bits per heavy atom. The van der Waals surface area contributed by atoms with Crippen LogP contribution in [0.5, 0.6) is 11.5 Å². The van der Waals surface area contributed by atoms with Crippen LogP contribution in [0.3, 0.4) is 0 Å². The fourth-order valence-electron chi connectivity index (χ4n) is 3.51. The normalized spacial score (nSPS) is 10.5. The predicted octanol–water partition coefficient (Wildman–Crippen LogP) is 7.09. The van der Waals surface area contributed by atoms with Gasteiger partial charge in [-0.1, -0.05) is 55.5 Å². The van der Waals surface area contributed by atoms with E-state index in [4.69, 9.17) is 9.47 Å². The van der Waals surface area contributed by atoms with Gasteiger partial charge < -0.3 is 14.4 Å². The summed E-state index contributed by atoms with van der Waals surface area (Å²) >= 11 is 0. The van der Waals surface area contributed by atoms with E-state index < -0.39 is 0 Å². The van der Waals surface area contributed by atoms with Crippen LogP contribution in [0, 0.1) is 0 Å². The van der Waals surface area contributed by atoms with E-state index in [-0.39, 0.29) is 5.97 Å². The van der Waals surface area contributed by atoms with Gasteiger partial charge in [-0.05, 0) is 66.2 Å². The number of benzene rings is 4. The molecule has 4 aromatic rings. The van der Waals surface area contributed by atoms with E-state index in [0.717, 1.165) is 34.8 Å². The minimum absolute atomic E-state index is 0.229. The third kappa shape index (κ3) is 6.01. The number of hydrogen-bond donors (Lipinski definition) is 0. The molecule has 0 atom stereocenters. The van der Waals surface area contributed by atoms with Crippen molar-refractivity contribution in [3.8, 4) is 11.5 Å². The fraction of sp³-hybridized carbons (Fsp3) is 0.138. The molecule has 0 aliphatic rings. The summed E-state index contributed by atoms with van der Waals surface area (Å²) in [6.45, 7) is 2.34. The van der Waals surface area contributed by atoms with E-state index in [1.807, 2.05) is 72.8 Å². The Morgan fingerprint density at radius 3 is 1.73 bits per heavy atom. The molecular weight excluding hydrogens is 410 g/mol. The SMILES string of the molecule is CCC(=O)Oc1ccc(CCOc2ccc(N(c3ccccc3)c3ccccc3)cc2)cc1. The van der Waals surface area contributed by atoms with Gasteiger partial charge in [0.2, 0.25) is 0 Å². The second kappa shape index (κ2) is 11.0. The summed E-state index contributed by atoms with van der Waals surface area (Å²) in [6.07, 6.45) is 1.13. The molecule has 0 bridgehead atoms. The van der Waals surface area contributed by atoms with Crippen LogP contribution in [-0.4, -0.2) is 12.6 Å². The van der Waals surface area contributed by atoms with Gasteiger partial charge in [-0.3, -0.25) is 4.79 Å². The van der Waals surface area contributed by atoms with Gasteiger partial charge in [-0.15, -0.1) is 0 Å². The number of nitrogens with zero attached hydrogens (tertiary/aromatic N) is 1. The van der Waals surface area contributed by atoms with Crippen molar-refractivity contribution in [3.63, 3.8) is 0 Å². The smallest absolute Gasteiger partial charge is 0.310 e. The van der Waals surface area contributed by atoms with E-state index in [9.17, 15) is 4.79 Å². The van der Waals surface area contributed by atoms with Gasteiger partial charge in [0.05, 0.1) is 6.61 Å². The van der Waals surface area contributed by atoms with Crippen molar-refractivity contribution < 1.29 is 14.3 Å². The lowest BCUT2D eigenvalue weighted by Crippen LogP contribution is -2.09. The van der Waals surface area contributed by atoms with Gasteiger partial charge in [-0.25, -0.2) is 0 Å². The van der Waals surface area contributed by atoms with Crippen LogP contribution in [-0.2, 0) is 11.2 Å². The molecule has 0 amide bonds. The molecule has 33 heavy (non-hydrogen) atoms. The third-order valence-electron chi connectivity index (χ3n) is 5.23. The summed E-state index contributed by atoms with van der Waals surface area (Å²) in [5.41, 5.74) is 4.40. The van der Waals surface area contributed by atoms with E-state index in [2.05, 4.69) is 41.3 Å². The van der Waals surface area contributed by atoms with Crippen molar-refractivity contribution >= 4 is 23.0 Å². The van der Waals surface area contributed by atoms with E-state index in [0.29, 0.717) is 18.8 Å². The summed E-state index contributed by atoms with van der Waals surface area (Å²) in [5.74, 6) is 1.17. The Balaban J connectivity index is 1.39. The molecule has 0 heterocycles. The van der Waals surface area contributed by atoms with Gasteiger partial charge in [0.15, 0.2) is 0 Å². The summed E-state index contributed by atoms with van der Waals surface area (Å²) in [6, 6.07) is 36.3. The highest BCUT2D eigenvalue weighted by Crippen LogP contribution is 2.34. The fourth-order valence-corrected chi connectivity index (χ4v) is 3.51. The minimum Gasteiger partial charge on any atom is -0.493 e. The zero-order valence-corrected chi connectivity index (χ0v) is 18.7. The molecule has 0 aromatic heterocycles. The molecule has 4 nitrogen and oxygen atoms in total. The molecule has 0 aliphatic carbocycles. The largest absolute Gasteiger partial charge is 0.493 e. The average Bonchev–Trinajstić information content (AvgIpc) is 2.87. The topological polar surface area (TPSA) is 38.8 Å². The standard InChI is InChI=1S/C29H27NO3/c1-2-29(31)33-28-17-13-23(14-18-28)21-22-32-27-19-15-26(16-20-27)30(24-9-5-3-6-10-24)25-11-7-4-8-12-25/h3-20H,2,21-22H2,1H3. The maximum Gasteiger partial charge on any atom is 0.310 e. The molecule has 0 saturated carbocycles. The summed E-state index contributed by atoms with van der Waals surface area (Å²) < 4.78 is 11.2. The number of rotatable bonds is 9. The number of carbonyl (C=O) groups is 1. The van der Waals surface area contributed by atoms with Crippen molar-refractivity contribution in [2.75, 3.05) is 11.5 Å². The average molecular weight is 438 g/mol.